The van der Waals surface area contributed by atoms with Crippen molar-refractivity contribution >= 4 is 29.1 Å². The van der Waals surface area contributed by atoms with E-state index in [1.807, 2.05) is 26.0 Å². The number of carbonyl (C=O) groups is 1. The second-order valence-corrected chi connectivity index (χ2v) is 5.31. The second-order valence-electron chi connectivity index (χ2n) is 4.50. The van der Waals surface area contributed by atoms with Crippen molar-refractivity contribution in [2.75, 3.05) is 13.6 Å². The molecular formula is C14H20Cl2N2O. The monoisotopic (exact) mass is 302 g/mol. The molecule has 0 heterocycles. The topological polar surface area (TPSA) is 41.1 Å². The standard InChI is InChI=1S/C14H20Cl2N2O/c1-4-14(5-2,18-13(19)9-17-3)10-6-7-11(15)12(16)8-10/h6-8,17H,4-5,9H2,1-3H3,(H,18,19). The highest BCUT2D eigenvalue weighted by atomic mass is 35.5. The first-order chi connectivity index (χ1) is 8.99. The van der Waals surface area contributed by atoms with E-state index in [1.165, 1.54) is 0 Å². The summed E-state index contributed by atoms with van der Waals surface area (Å²) in [5.41, 5.74) is 0.582. The summed E-state index contributed by atoms with van der Waals surface area (Å²) < 4.78 is 0. The van der Waals surface area contributed by atoms with Gasteiger partial charge in [-0.1, -0.05) is 43.1 Å². The fourth-order valence-corrected chi connectivity index (χ4v) is 2.47. The molecule has 5 heteroatoms. The van der Waals surface area contributed by atoms with Gasteiger partial charge in [0.05, 0.1) is 22.1 Å². The molecule has 0 spiro atoms. The van der Waals surface area contributed by atoms with E-state index in [0.717, 1.165) is 18.4 Å². The van der Waals surface area contributed by atoms with Crippen LogP contribution in [0, 0.1) is 0 Å². The van der Waals surface area contributed by atoms with Gasteiger partial charge in [-0.3, -0.25) is 4.79 Å². The number of hydrogen-bond acceptors (Lipinski definition) is 2. The second kappa shape index (κ2) is 7.13. The maximum atomic E-state index is 11.9. The first-order valence-corrected chi connectivity index (χ1v) is 7.15. The van der Waals surface area contributed by atoms with Gasteiger partial charge >= 0.3 is 0 Å². The highest BCUT2D eigenvalue weighted by Gasteiger charge is 2.30. The summed E-state index contributed by atoms with van der Waals surface area (Å²) in [6.45, 7) is 4.39. The smallest absolute Gasteiger partial charge is 0.234 e. The maximum Gasteiger partial charge on any atom is 0.234 e. The van der Waals surface area contributed by atoms with E-state index in [-0.39, 0.29) is 5.91 Å². The normalized spacial score (nSPS) is 11.4. The molecule has 1 rings (SSSR count). The lowest BCUT2D eigenvalue weighted by molar-refractivity contribution is -0.122. The molecule has 0 unspecified atom stereocenters. The largest absolute Gasteiger partial charge is 0.346 e. The highest BCUT2D eigenvalue weighted by Crippen LogP contribution is 2.33. The number of halogens is 2. The van der Waals surface area contributed by atoms with Gasteiger partial charge in [0.2, 0.25) is 5.91 Å². The molecule has 0 fully saturated rings. The molecule has 2 N–H and O–H groups in total. The number of hydrogen-bond donors (Lipinski definition) is 2. The quantitative estimate of drug-likeness (QED) is 0.846. The molecule has 19 heavy (non-hydrogen) atoms. The lowest BCUT2D eigenvalue weighted by Crippen LogP contribution is -2.47. The van der Waals surface area contributed by atoms with Gasteiger partial charge in [-0.2, -0.15) is 0 Å². The van der Waals surface area contributed by atoms with Crippen molar-refractivity contribution in [1.82, 2.24) is 10.6 Å². The zero-order valence-corrected chi connectivity index (χ0v) is 13.0. The van der Waals surface area contributed by atoms with Crippen molar-refractivity contribution in [2.24, 2.45) is 0 Å². The molecule has 1 aromatic carbocycles. The Kier molecular flexibility index (Phi) is 6.11. The Labute approximate surface area is 124 Å². The van der Waals surface area contributed by atoms with Gasteiger partial charge < -0.3 is 10.6 Å². The van der Waals surface area contributed by atoms with E-state index in [4.69, 9.17) is 23.2 Å². The average molecular weight is 303 g/mol. The van der Waals surface area contributed by atoms with Gasteiger partial charge in [-0.05, 0) is 37.6 Å². The summed E-state index contributed by atoms with van der Waals surface area (Å²) in [5.74, 6) is -0.0303. The van der Waals surface area contributed by atoms with Gasteiger partial charge in [0.1, 0.15) is 0 Å². The maximum absolute atomic E-state index is 11.9. The molecule has 1 amide bonds. The summed E-state index contributed by atoms with van der Waals surface area (Å²) in [7, 11) is 1.75. The van der Waals surface area contributed by atoms with Crippen LogP contribution in [0.25, 0.3) is 0 Å². The van der Waals surface area contributed by atoms with Crippen molar-refractivity contribution < 1.29 is 4.79 Å². The first-order valence-electron chi connectivity index (χ1n) is 6.40. The number of rotatable bonds is 6. The van der Waals surface area contributed by atoms with Crippen LogP contribution in [0.4, 0.5) is 0 Å². The molecule has 106 valence electrons. The van der Waals surface area contributed by atoms with E-state index in [1.54, 1.807) is 13.1 Å². The fourth-order valence-electron chi connectivity index (χ4n) is 2.17. The third-order valence-corrected chi connectivity index (χ3v) is 4.13. The Morgan fingerprint density at radius 2 is 1.84 bits per heavy atom. The van der Waals surface area contributed by atoms with Crippen LogP contribution in [0.15, 0.2) is 18.2 Å². The van der Waals surface area contributed by atoms with Crippen LogP contribution in [0.5, 0.6) is 0 Å². The third-order valence-electron chi connectivity index (χ3n) is 3.40. The van der Waals surface area contributed by atoms with Crippen molar-refractivity contribution in [3.05, 3.63) is 33.8 Å². The molecule has 0 atom stereocenters. The number of benzene rings is 1. The SMILES string of the molecule is CCC(CC)(NC(=O)CNC)c1ccc(Cl)c(Cl)c1. The van der Waals surface area contributed by atoms with E-state index in [2.05, 4.69) is 10.6 Å². The summed E-state index contributed by atoms with van der Waals surface area (Å²) in [6, 6.07) is 5.51. The van der Waals surface area contributed by atoms with Crippen LogP contribution in [-0.4, -0.2) is 19.5 Å². The number of carbonyl (C=O) groups excluding carboxylic acids is 1. The lowest BCUT2D eigenvalue weighted by Gasteiger charge is -2.34. The number of likely N-dealkylation sites (N-methyl/N-ethyl adjacent to an activating group) is 1. The van der Waals surface area contributed by atoms with Crippen molar-refractivity contribution in [3.8, 4) is 0 Å². The van der Waals surface area contributed by atoms with Crippen LogP contribution < -0.4 is 10.6 Å². The molecule has 0 aliphatic rings. The predicted molar refractivity (Wildman–Crippen MR) is 80.8 cm³/mol. The Hall–Kier alpha value is -0.770. The molecule has 0 aliphatic heterocycles. The van der Waals surface area contributed by atoms with Gasteiger partial charge in [0, 0.05) is 0 Å². The van der Waals surface area contributed by atoms with Gasteiger partial charge in [0.15, 0.2) is 0 Å². The Bertz CT molecular complexity index is 445. The van der Waals surface area contributed by atoms with Crippen molar-refractivity contribution in [1.29, 1.82) is 0 Å². The van der Waals surface area contributed by atoms with Gasteiger partial charge in [-0.25, -0.2) is 0 Å². The minimum atomic E-state index is -0.401. The molecule has 0 radical (unpaired) electrons. The van der Waals surface area contributed by atoms with Crippen LogP contribution in [0.2, 0.25) is 10.0 Å². The summed E-state index contributed by atoms with van der Waals surface area (Å²) in [4.78, 5) is 11.9. The molecule has 0 saturated heterocycles. The van der Waals surface area contributed by atoms with Crippen LogP contribution >= 0.6 is 23.2 Å². The molecule has 0 bridgehead atoms. The predicted octanol–water partition coefficient (Wildman–Crippen LogP) is 3.34. The molecule has 3 nitrogen and oxygen atoms in total. The Morgan fingerprint density at radius 1 is 1.21 bits per heavy atom. The van der Waals surface area contributed by atoms with Crippen LogP contribution in [0.1, 0.15) is 32.3 Å². The van der Waals surface area contributed by atoms with Crippen molar-refractivity contribution in [3.63, 3.8) is 0 Å². The highest BCUT2D eigenvalue weighted by molar-refractivity contribution is 6.42. The minimum absolute atomic E-state index is 0.0303. The lowest BCUT2D eigenvalue weighted by atomic mass is 9.84. The van der Waals surface area contributed by atoms with Crippen LogP contribution in [0.3, 0.4) is 0 Å². The van der Waals surface area contributed by atoms with Gasteiger partial charge in [-0.15, -0.1) is 0 Å². The van der Waals surface area contributed by atoms with E-state index in [0.29, 0.717) is 16.6 Å². The zero-order chi connectivity index (χ0) is 14.5. The molecule has 1 aromatic rings. The summed E-state index contributed by atoms with van der Waals surface area (Å²) in [5, 5.41) is 6.97. The first kappa shape index (κ1) is 16.3. The number of nitrogens with one attached hydrogen (secondary N) is 2. The van der Waals surface area contributed by atoms with E-state index in [9.17, 15) is 4.79 Å². The van der Waals surface area contributed by atoms with Gasteiger partial charge in [0.25, 0.3) is 0 Å². The molecular weight excluding hydrogens is 283 g/mol. The van der Waals surface area contributed by atoms with E-state index < -0.39 is 5.54 Å². The summed E-state index contributed by atoms with van der Waals surface area (Å²) >= 11 is 12.0. The minimum Gasteiger partial charge on any atom is -0.346 e. The zero-order valence-electron chi connectivity index (χ0n) is 11.5. The van der Waals surface area contributed by atoms with Crippen LogP contribution in [-0.2, 0) is 10.3 Å². The third kappa shape index (κ3) is 3.85. The average Bonchev–Trinajstić information content (AvgIpc) is 2.40. The fraction of sp³-hybridized carbons (Fsp3) is 0.500. The Balaban J connectivity index is 3.10. The van der Waals surface area contributed by atoms with Crippen molar-refractivity contribution in [2.45, 2.75) is 32.2 Å². The molecule has 0 aromatic heterocycles. The molecule has 0 saturated carbocycles. The Morgan fingerprint density at radius 3 is 2.32 bits per heavy atom. The van der Waals surface area contributed by atoms with E-state index >= 15 is 0 Å². The molecule has 0 aliphatic carbocycles. The number of amides is 1. The summed E-state index contributed by atoms with van der Waals surface area (Å²) in [6.07, 6.45) is 1.58.